The van der Waals surface area contributed by atoms with Gasteiger partial charge in [0.15, 0.2) is 0 Å². The Morgan fingerprint density at radius 2 is 2.07 bits per heavy atom. The van der Waals surface area contributed by atoms with Gasteiger partial charge in [-0.15, -0.1) is 0 Å². The van der Waals surface area contributed by atoms with Crippen molar-refractivity contribution in [3.05, 3.63) is 24.0 Å². The van der Waals surface area contributed by atoms with Crippen molar-refractivity contribution in [2.75, 3.05) is 24.2 Å². The summed E-state index contributed by atoms with van der Waals surface area (Å²) in [5, 5.41) is 9.63. The Hall–Kier alpha value is -1.29. The van der Waals surface area contributed by atoms with E-state index in [9.17, 15) is 9.50 Å². The molecule has 1 rings (SSSR count). The van der Waals surface area contributed by atoms with Crippen LogP contribution in [0.1, 0.15) is 13.8 Å². The fourth-order valence-corrected chi connectivity index (χ4v) is 1.52. The van der Waals surface area contributed by atoms with Gasteiger partial charge in [-0.2, -0.15) is 0 Å². The van der Waals surface area contributed by atoms with Crippen molar-refractivity contribution < 1.29 is 9.50 Å². The summed E-state index contributed by atoms with van der Waals surface area (Å²) in [6.45, 7) is 3.78. The maximum Gasteiger partial charge on any atom is 0.148 e. The second-order valence-electron chi connectivity index (χ2n) is 4.34. The topological polar surface area (TPSA) is 49.5 Å². The molecule has 84 valence electrons. The molecule has 1 aromatic carbocycles. The minimum atomic E-state index is -0.840. The normalized spacial score (nSPS) is 11.5. The lowest BCUT2D eigenvalue weighted by Gasteiger charge is -2.28. The Labute approximate surface area is 89.3 Å². The lowest BCUT2D eigenvalue weighted by molar-refractivity contribution is 0.0886. The molecule has 0 aliphatic carbocycles. The number of nitrogens with two attached hydrogens (primary N) is 1. The van der Waals surface area contributed by atoms with Gasteiger partial charge in [0.1, 0.15) is 5.82 Å². The van der Waals surface area contributed by atoms with Gasteiger partial charge in [0.05, 0.1) is 17.0 Å². The number of para-hydroxylation sites is 1. The van der Waals surface area contributed by atoms with Crippen LogP contribution in [0.4, 0.5) is 15.8 Å². The largest absolute Gasteiger partial charge is 0.395 e. The molecule has 3 N–H and O–H groups in total. The van der Waals surface area contributed by atoms with Crippen LogP contribution >= 0.6 is 0 Å². The third-order valence-electron chi connectivity index (χ3n) is 2.07. The van der Waals surface area contributed by atoms with Gasteiger partial charge in [-0.05, 0) is 26.0 Å². The van der Waals surface area contributed by atoms with Crippen molar-refractivity contribution in [1.29, 1.82) is 0 Å². The smallest absolute Gasteiger partial charge is 0.148 e. The predicted molar refractivity (Wildman–Crippen MR) is 60.4 cm³/mol. The molecule has 0 aromatic heterocycles. The standard InChI is InChI=1S/C11H17FN2O/c1-11(2,15)7-14(3)9-6-4-5-8(12)10(9)13/h4-6,15H,7,13H2,1-3H3. The Bertz CT molecular complexity index is 347. The third-order valence-corrected chi connectivity index (χ3v) is 2.07. The molecule has 0 atom stereocenters. The van der Waals surface area contributed by atoms with Crippen LogP contribution in [0.5, 0.6) is 0 Å². The van der Waals surface area contributed by atoms with Crippen molar-refractivity contribution in [3.8, 4) is 0 Å². The Morgan fingerprint density at radius 1 is 1.47 bits per heavy atom. The zero-order valence-electron chi connectivity index (χ0n) is 9.29. The number of aliphatic hydroxyl groups is 1. The average Bonchev–Trinajstić information content (AvgIpc) is 2.06. The van der Waals surface area contributed by atoms with Crippen LogP contribution in [0, 0.1) is 5.82 Å². The van der Waals surface area contributed by atoms with Crippen molar-refractivity contribution in [2.24, 2.45) is 0 Å². The first kappa shape index (κ1) is 11.8. The van der Waals surface area contributed by atoms with E-state index in [0.717, 1.165) is 0 Å². The number of hydrogen-bond acceptors (Lipinski definition) is 3. The first-order chi connectivity index (χ1) is 6.81. The highest BCUT2D eigenvalue weighted by molar-refractivity contribution is 5.67. The molecule has 0 unspecified atom stereocenters. The Morgan fingerprint density at radius 3 is 2.60 bits per heavy atom. The van der Waals surface area contributed by atoms with E-state index in [2.05, 4.69) is 0 Å². The van der Waals surface area contributed by atoms with Gasteiger partial charge in [0.25, 0.3) is 0 Å². The fourth-order valence-electron chi connectivity index (χ4n) is 1.52. The highest BCUT2D eigenvalue weighted by atomic mass is 19.1. The second-order valence-corrected chi connectivity index (χ2v) is 4.34. The summed E-state index contributed by atoms with van der Waals surface area (Å²) in [5.41, 5.74) is 5.47. The summed E-state index contributed by atoms with van der Waals surface area (Å²) in [6.07, 6.45) is 0. The molecule has 0 aliphatic rings. The number of rotatable bonds is 3. The van der Waals surface area contributed by atoms with Crippen molar-refractivity contribution in [3.63, 3.8) is 0 Å². The van der Waals surface area contributed by atoms with Crippen LogP contribution in [0.2, 0.25) is 0 Å². The first-order valence-corrected chi connectivity index (χ1v) is 4.79. The summed E-state index contributed by atoms with van der Waals surface area (Å²) in [5.74, 6) is -0.435. The molecule has 0 heterocycles. The molecule has 0 fully saturated rings. The number of halogens is 1. The summed E-state index contributed by atoms with van der Waals surface area (Å²) >= 11 is 0. The molecule has 0 aliphatic heterocycles. The van der Waals surface area contributed by atoms with Gasteiger partial charge in [-0.1, -0.05) is 6.07 Å². The average molecular weight is 212 g/mol. The molecule has 1 aromatic rings. The monoisotopic (exact) mass is 212 g/mol. The number of anilines is 2. The van der Waals surface area contributed by atoms with E-state index in [1.807, 2.05) is 0 Å². The van der Waals surface area contributed by atoms with Crippen molar-refractivity contribution >= 4 is 11.4 Å². The molecule has 15 heavy (non-hydrogen) atoms. The second kappa shape index (κ2) is 4.06. The number of benzene rings is 1. The minimum Gasteiger partial charge on any atom is -0.395 e. The Balaban J connectivity index is 2.92. The van der Waals surface area contributed by atoms with Crippen LogP contribution in [-0.4, -0.2) is 24.3 Å². The van der Waals surface area contributed by atoms with Crippen LogP contribution in [0.15, 0.2) is 18.2 Å². The van der Waals surface area contributed by atoms with Gasteiger partial charge in [0, 0.05) is 13.6 Å². The van der Waals surface area contributed by atoms with E-state index >= 15 is 0 Å². The van der Waals surface area contributed by atoms with E-state index in [1.165, 1.54) is 6.07 Å². The van der Waals surface area contributed by atoms with E-state index in [1.54, 1.807) is 37.9 Å². The number of likely N-dealkylation sites (N-methyl/N-ethyl adjacent to an activating group) is 1. The van der Waals surface area contributed by atoms with Crippen LogP contribution < -0.4 is 10.6 Å². The lowest BCUT2D eigenvalue weighted by Crippen LogP contribution is -2.36. The quantitative estimate of drug-likeness (QED) is 0.748. The minimum absolute atomic E-state index is 0.115. The Kier molecular flexibility index (Phi) is 3.19. The number of nitrogen functional groups attached to an aromatic ring is 1. The van der Waals surface area contributed by atoms with E-state index < -0.39 is 11.4 Å². The van der Waals surface area contributed by atoms with E-state index in [-0.39, 0.29) is 5.69 Å². The molecule has 0 amide bonds. The summed E-state index contributed by atoms with van der Waals surface area (Å²) < 4.78 is 13.2. The molecule has 4 heteroatoms. The SMILES string of the molecule is CN(CC(C)(C)O)c1cccc(F)c1N. The van der Waals surface area contributed by atoms with Crippen LogP contribution in [0.25, 0.3) is 0 Å². The predicted octanol–water partition coefficient (Wildman–Crippen LogP) is 1.61. The van der Waals surface area contributed by atoms with E-state index in [4.69, 9.17) is 5.73 Å². The zero-order valence-corrected chi connectivity index (χ0v) is 9.29. The molecule has 0 saturated carbocycles. The van der Waals surface area contributed by atoms with Gasteiger partial charge >= 0.3 is 0 Å². The summed E-state index contributed by atoms with van der Waals surface area (Å²) in [4.78, 5) is 1.73. The lowest BCUT2D eigenvalue weighted by atomic mass is 10.1. The summed E-state index contributed by atoms with van der Waals surface area (Å²) in [6, 6.07) is 4.64. The molecule has 0 spiro atoms. The number of nitrogens with zero attached hydrogens (tertiary/aromatic N) is 1. The maximum absolute atomic E-state index is 13.2. The highest BCUT2D eigenvalue weighted by Gasteiger charge is 2.17. The maximum atomic E-state index is 13.2. The molecule has 0 bridgehead atoms. The molecule has 3 nitrogen and oxygen atoms in total. The van der Waals surface area contributed by atoms with Crippen LogP contribution in [0.3, 0.4) is 0 Å². The van der Waals surface area contributed by atoms with Gasteiger partial charge in [-0.25, -0.2) is 4.39 Å². The third kappa shape index (κ3) is 3.09. The van der Waals surface area contributed by atoms with Crippen molar-refractivity contribution in [2.45, 2.75) is 19.4 Å². The molecular formula is C11H17FN2O. The van der Waals surface area contributed by atoms with Gasteiger partial charge < -0.3 is 15.7 Å². The first-order valence-electron chi connectivity index (χ1n) is 4.79. The molecular weight excluding hydrogens is 195 g/mol. The summed E-state index contributed by atoms with van der Waals surface area (Å²) in [7, 11) is 1.77. The van der Waals surface area contributed by atoms with E-state index in [0.29, 0.717) is 12.2 Å². The van der Waals surface area contributed by atoms with Crippen LogP contribution in [-0.2, 0) is 0 Å². The number of hydrogen-bond donors (Lipinski definition) is 2. The molecule has 0 radical (unpaired) electrons. The highest BCUT2D eigenvalue weighted by Crippen LogP contribution is 2.25. The zero-order chi connectivity index (χ0) is 11.6. The van der Waals surface area contributed by atoms with Gasteiger partial charge in [0.2, 0.25) is 0 Å². The fraction of sp³-hybridized carbons (Fsp3) is 0.455. The van der Waals surface area contributed by atoms with Gasteiger partial charge in [-0.3, -0.25) is 0 Å². The molecule has 0 saturated heterocycles. The van der Waals surface area contributed by atoms with Crippen molar-refractivity contribution in [1.82, 2.24) is 0 Å².